The standard InChI is InChI=1S/C20H28N2O3/c1-24-20-13-15(14-21)8-9-19(20)25-12-11-22-10-4-6-17(22)16-5-2-3-7-18(16)23/h8-9,13,16-18,23H,2-7,10-12H2,1H3/t16-,17+,18-/m0/s1. The molecule has 5 nitrogen and oxygen atoms in total. The third kappa shape index (κ3) is 4.26. The van der Waals surface area contributed by atoms with Gasteiger partial charge in [-0.3, -0.25) is 4.90 Å². The van der Waals surface area contributed by atoms with Gasteiger partial charge in [-0.1, -0.05) is 12.8 Å². The van der Waals surface area contributed by atoms with Gasteiger partial charge in [-0.25, -0.2) is 0 Å². The van der Waals surface area contributed by atoms with E-state index in [-0.39, 0.29) is 6.10 Å². The van der Waals surface area contributed by atoms with Crippen molar-refractivity contribution in [2.45, 2.75) is 50.7 Å². The van der Waals surface area contributed by atoms with Gasteiger partial charge in [-0.05, 0) is 44.4 Å². The molecule has 1 saturated heterocycles. The average molecular weight is 344 g/mol. The van der Waals surface area contributed by atoms with Crippen LogP contribution in [0.5, 0.6) is 11.5 Å². The number of ether oxygens (including phenoxy) is 2. The molecule has 2 aliphatic rings. The Bertz CT molecular complexity index is 613. The molecule has 5 heteroatoms. The van der Waals surface area contributed by atoms with Crippen LogP contribution >= 0.6 is 0 Å². The Morgan fingerprint density at radius 1 is 1.20 bits per heavy atom. The summed E-state index contributed by atoms with van der Waals surface area (Å²) in [5, 5.41) is 19.3. The van der Waals surface area contributed by atoms with Crippen molar-refractivity contribution in [3.05, 3.63) is 23.8 Å². The van der Waals surface area contributed by atoms with E-state index < -0.39 is 0 Å². The molecule has 0 aromatic heterocycles. The van der Waals surface area contributed by atoms with Gasteiger partial charge < -0.3 is 14.6 Å². The van der Waals surface area contributed by atoms with Gasteiger partial charge >= 0.3 is 0 Å². The smallest absolute Gasteiger partial charge is 0.162 e. The molecule has 1 aliphatic carbocycles. The molecule has 136 valence electrons. The quantitative estimate of drug-likeness (QED) is 0.859. The fourth-order valence-electron chi connectivity index (χ4n) is 4.33. The maximum Gasteiger partial charge on any atom is 0.162 e. The third-order valence-electron chi connectivity index (χ3n) is 5.62. The maximum absolute atomic E-state index is 10.4. The van der Waals surface area contributed by atoms with E-state index >= 15 is 0 Å². The van der Waals surface area contributed by atoms with Crippen LogP contribution in [0.4, 0.5) is 0 Å². The van der Waals surface area contributed by atoms with Gasteiger partial charge in [0, 0.05) is 24.6 Å². The van der Waals surface area contributed by atoms with Crippen LogP contribution in [0.1, 0.15) is 44.1 Å². The number of nitriles is 1. The zero-order valence-electron chi connectivity index (χ0n) is 15.0. The predicted octanol–water partition coefficient (Wildman–Crippen LogP) is 2.96. The second-order valence-corrected chi connectivity index (χ2v) is 7.09. The van der Waals surface area contributed by atoms with Gasteiger partial charge in [0.15, 0.2) is 11.5 Å². The van der Waals surface area contributed by atoms with Gasteiger partial charge in [0.05, 0.1) is 24.8 Å². The molecule has 1 aromatic rings. The van der Waals surface area contributed by atoms with Crippen molar-refractivity contribution in [3.8, 4) is 17.6 Å². The summed E-state index contributed by atoms with van der Waals surface area (Å²) in [4.78, 5) is 2.48. The van der Waals surface area contributed by atoms with Crippen molar-refractivity contribution in [1.29, 1.82) is 5.26 Å². The fourth-order valence-corrected chi connectivity index (χ4v) is 4.33. The highest BCUT2D eigenvalue weighted by molar-refractivity contribution is 5.46. The van der Waals surface area contributed by atoms with Crippen LogP contribution in [-0.4, -0.2) is 49.0 Å². The molecule has 0 spiro atoms. The monoisotopic (exact) mass is 344 g/mol. The van der Waals surface area contributed by atoms with E-state index in [0.29, 0.717) is 35.6 Å². The van der Waals surface area contributed by atoms with Crippen molar-refractivity contribution in [2.75, 3.05) is 26.8 Å². The number of methoxy groups -OCH3 is 1. The van der Waals surface area contributed by atoms with Crippen LogP contribution in [0.3, 0.4) is 0 Å². The van der Waals surface area contributed by atoms with E-state index in [0.717, 1.165) is 32.4 Å². The summed E-state index contributed by atoms with van der Waals surface area (Å²) in [6, 6.07) is 7.84. The van der Waals surface area contributed by atoms with Crippen molar-refractivity contribution in [1.82, 2.24) is 4.90 Å². The van der Waals surface area contributed by atoms with Gasteiger partial charge in [0.1, 0.15) is 6.61 Å². The second-order valence-electron chi connectivity index (χ2n) is 7.09. The summed E-state index contributed by atoms with van der Waals surface area (Å²) in [7, 11) is 1.59. The summed E-state index contributed by atoms with van der Waals surface area (Å²) in [5.74, 6) is 1.69. The zero-order chi connectivity index (χ0) is 17.6. The molecule has 1 N–H and O–H groups in total. The van der Waals surface area contributed by atoms with Crippen LogP contribution in [0.15, 0.2) is 18.2 Å². The number of hydrogen-bond donors (Lipinski definition) is 1. The van der Waals surface area contributed by atoms with E-state index in [1.54, 1.807) is 25.3 Å². The van der Waals surface area contributed by atoms with Gasteiger partial charge in [-0.15, -0.1) is 0 Å². The highest BCUT2D eigenvalue weighted by Gasteiger charge is 2.36. The fraction of sp³-hybridized carbons (Fsp3) is 0.650. The van der Waals surface area contributed by atoms with Gasteiger partial charge in [-0.2, -0.15) is 5.26 Å². The Kier molecular flexibility index (Phi) is 6.17. The molecule has 1 aliphatic heterocycles. The number of aliphatic hydroxyl groups is 1. The van der Waals surface area contributed by atoms with E-state index in [4.69, 9.17) is 14.7 Å². The van der Waals surface area contributed by atoms with Crippen molar-refractivity contribution in [3.63, 3.8) is 0 Å². The van der Waals surface area contributed by atoms with Gasteiger partial charge in [0.2, 0.25) is 0 Å². The van der Waals surface area contributed by atoms with Crippen molar-refractivity contribution >= 4 is 0 Å². The van der Waals surface area contributed by atoms with Crippen LogP contribution in [0.25, 0.3) is 0 Å². The number of nitrogens with zero attached hydrogens (tertiary/aromatic N) is 2. The first-order valence-electron chi connectivity index (χ1n) is 9.36. The van der Waals surface area contributed by atoms with Gasteiger partial charge in [0.25, 0.3) is 0 Å². The number of rotatable bonds is 6. The number of benzene rings is 1. The first-order valence-corrected chi connectivity index (χ1v) is 9.36. The topological polar surface area (TPSA) is 65.7 Å². The predicted molar refractivity (Wildman–Crippen MR) is 95.8 cm³/mol. The van der Waals surface area contributed by atoms with E-state index in [1.165, 1.54) is 19.3 Å². The lowest BCUT2D eigenvalue weighted by atomic mass is 9.80. The number of aliphatic hydroxyl groups excluding tert-OH is 1. The minimum atomic E-state index is -0.140. The Labute approximate surface area is 150 Å². The summed E-state index contributed by atoms with van der Waals surface area (Å²) in [6.07, 6.45) is 6.74. The third-order valence-corrected chi connectivity index (χ3v) is 5.62. The van der Waals surface area contributed by atoms with Crippen molar-refractivity contribution in [2.24, 2.45) is 5.92 Å². The SMILES string of the molecule is COc1cc(C#N)ccc1OCCN1CCC[C@@H]1[C@@H]1CCCC[C@@H]1O. The minimum Gasteiger partial charge on any atom is -0.493 e. The van der Waals surface area contributed by atoms with E-state index in [1.807, 2.05) is 0 Å². The number of likely N-dealkylation sites (tertiary alicyclic amines) is 1. The molecule has 1 aromatic carbocycles. The summed E-state index contributed by atoms with van der Waals surface area (Å²) >= 11 is 0. The summed E-state index contributed by atoms with van der Waals surface area (Å²) in [5.41, 5.74) is 0.565. The molecule has 0 amide bonds. The van der Waals surface area contributed by atoms with Crippen LogP contribution in [0.2, 0.25) is 0 Å². The molecular weight excluding hydrogens is 316 g/mol. The Morgan fingerprint density at radius 3 is 2.80 bits per heavy atom. The van der Waals surface area contributed by atoms with Crippen molar-refractivity contribution < 1.29 is 14.6 Å². The lowest BCUT2D eigenvalue weighted by molar-refractivity contribution is 0.0193. The molecule has 0 unspecified atom stereocenters. The normalized spacial score (nSPS) is 27.0. The summed E-state index contributed by atoms with van der Waals surface area (Å²) in [6.45, 7) is 2.53. The Hall–Kier alpha value is -1.77. The lowest BCUT2D eigenvalue weighted by Gasteiger charge is -2.37. The lowest BCUT2D eigenvalue weighted by Crippen LogP contribution is -2.43. The van der Waals surface area contributed by atoms with Crippen LogP contribution in [0, 0.1) is 17.2 Å². The highest BCUT2D eigenvalue weighted by atomic mass is 16.5. The highest BCUT2D eigenvalue weighted by Crippen LogP contribution is 2.34. The first-order chi connectivity index (χ1) is 12.2. The Balaban J connectivity index is 1.55. The first kappa shape index (κ1) is 18.0. The number of hydrogen-bond acceptors (Lipinski definition) is 5. The molecule has 1 saturated carbocycles. The average Bonchev–Trinajstić information content (AvgIpc) is 3.10. The summed E-state index contributed by atoms with van der Waals surface area (Å²) < 4.78 is 11.2. The van der Waals surface area contributed by atoms with Crippen LogP contribution < -0.4 is 9.47 Å². The molecular formula is C20H28N2O3. The van der Waals surface area contributed by atoms with Crippen LogP contribution in [-0.2, 0) is 0 Å². The molecule has 0 radical (unpaired) electrons. The molecule has 1 heterocycles. The molecule has 0 bridgehead atoms. The van der Waals surface area contributed by atoms with E-state index in [9.17, 15) is 5.11 Å². The van der Waals surface area contributed by atoms with E-state index in [2.05, 4.69) is 11.0 Å². The largest absolute Gasteiger partial charge is 0.493 e. The minimum absolute atomic E-state index is 0.140. The molecule has 3 atom stereocenters. The maximum atomic E-state index is 10.4. The molecule has 25 heavy (non-hydrogen) atoms. The zero-order valence-corrected chi connectivity index (χ0v) is 15.0. The second kappa shape index (κ2) is 8.55. The molecule has 3 rings (SSSR count). The Morgan fingerprint density at radius 2 is 2.04 bits per heavy atom. The molecule has 2 fully saturated rings.